The van der Waals surface area contributed by atoms with E-state index in [1.807, 2.05) is 18.2 Å². The second kappa shape index (κ2) is 11.8. The lowest BCUT2D eigenvalue weighted by atomic mass is 10.2. The normalized spacial score (nSPS) is 13.9. The molecule has 2 aromatic carbocycles. The van der Waals surface area contributed by atoms with Gasteiger partial charge in [-0.15, -0.1) is 10.2 Å². The zero-order valence-corrected chi connectivity index (χ0v) is 20.0. The molecule has 2 N–H and O–H groups in total. The summed E-state index contributed by atoms with van der Waals surface area (Å²) in [5.41, 5.74) is 4.14. The van der Waals surface area contributed by atoms with Crippen molar-refractivity contribution in [2.24, 2.45) is 0 Å². The highest BCUT2D eigenvalue weighted by molar-refractivity contribution is 6.30. The average Bonchev–Trinajstić information content (AvgIpc) is 2.87. The zero-order chi connectivity index (χ0) is 24.6. The van der Waals surface area contributed by atoms with E-state index in [2.05, 4.69) is 20.6 Å². The van der Waals surface area contributed by atoms with Crippen LogP contribution in [0.2, 0.25) is 5.02 Å². The Labute approximate surface area is 207 Å². The van der Waals surface area contributed by atoms with Crippen molar-refractivity contribution in [3.05, 3.63) is 69.1 Å². The van der Waals surface area contributed by atoms with Crippen LogP contribution in [-0.2, 0) is 22.6 Å². The summed E-state index contributed by atoms with van der Waals surface area (Å²) in [7, 11) is 1.53. The third kappa shape index (κ3) is 6.78. The zero-order valence-electron chi connectivity index (χ0n) is 19.3. The summed E-state index contributed by atoms with van der Waals surface area (Å²) in [5.74, 6) is 1.12. The Balaban J connectivity index is 1.38. The van der Waals surface area contributed by atoms with Gasteiger partial charge in [-0.1, -0.05) is 23.7 Å². The average molecular weight is 500 g/mol. The molecular formula is C24H26ClN5O5. The van der Waals surface area contributed by atoms with E-state index in [-0.39, 0.29) is 30.3 Å². The number of aryl methyl sites for hydroxylation is 1. The van der Waals surface area contributed by atoms with Crippen LogP contribution < -0.4 is 20.5 Å². The van der Waals surface area contributed by atoms with Gasteiger partial charge in [-0.2, -0.15) is 0 Å². The quantitative estimate of drug-likeness (QED) is 0.460. The van der Waals surface area contributed by atoms with Crippen LogP contribution in [0.1, 0.15) is 17.7 Å². The maximum Gasteiger partial charge on any atom is 0.273 e. The second-order valence-electron chi connectivity index (χ2n) is 7.87. The molecule has 1 aliphatic rings. The first kappa shape index (κ1) is 24.6. The molecule has 0 unspecified atom stereocenters. The van der Waals surface area contributed by atoms with Gasteiger partial charge in [0.1, 0.15) is 12.3 Å². The van der Waals surface area contributed by atoms with Gasteiger partial charge >= 0.3 is 0 Å². The monoisotopic (exact) mass is 499 g/mol. The van der Waals surface area contributed by atoms with Gasteiger partial charge in [0.2, 0.25) is 5.91 Å². The first-order valence-electron chi connectivity index (χ1n) is 11.2. The molecule has 0 bridgehead atoms. The number of ether oxygens (including phenoxy) is 3. The van der Waals surface area contributed by atoms with Gasteiger partial charge in [0, 0.05) is 36.5 Å². The van der Waals surface area contributed by atoms with Gasteiger partial charge < -0.3 is 19.2 Å². The number of hydrogen-bond acceptors (Lipinski definition) is 8. The summed E-state index contributed by atoms with van der Waals surface area (Å²) in [4.78, 5) is 27.4. The van der Waals surface area contributed by atoms with E-state index in [4.69, 9.17) is 25.8 Å². The number of morpholine rings is 1. The molecular weight excluding hydrogens is 474 g/mol. The molecule has 0 atom stereocenters. The molecule has 1 saturated heterocycles. The van der Waals surface area contributed by atoms with E-state index in [1.54, 1.807) is 29.3 Å². The largest absolute Gasteiger partial charge is 0.493 e. The van der Waals surface area contributed by atoms with Crippen molar-refractivity contribution >= 4 is 17.5 Å². The van der Waals surface area contributed by atoms with Crippen LogP contribution in [0, 0.1) is 0 Å². The standard InChI is InChI=1S/C24H26ClN5O5/c1-33-21-14-17(5-7-20(21)35-15-16-3-2-4-18(25)13-16)23-26-24(32)19(27-28-23)6-8-22(31)29-30-9-11-34-12-10-30/h2-5,7,13-14H,6,8-12,15H2,1H3,(H,29,31)(H,26,28,32). The fourth-order valence-electron chi connectivity index (χ4n) is 3.52. The maximum atomic E-state index is 12.5. The lowest BCUT2D eigenvalue weighted by molar-refractivity contribution is -0.127. The van der Waals surface area contributed by atoms with Crippen molar-refractivity contribution in [1.82, 2.24) is 25.6 Å². The highest BCUT2D eigenvalue weighted by atomic mass is 35.5. The van der Waals surface area contributed by atoms with Crippen molar-refractivity contribution in [3.8, 4) is 22.9 Å². The number of methoxy groups -OCH3 is 1. The predicted octanol–water partition coefficient (Wildman–Crippen LogP) is 2.37. The molecule has 11 heteroatoms. The van der Waals surface area contributed by atoms with Gasteiger partial charge in [-0.05, 0) is 35.9 Å². The first-order chi connectivity index (χ1) is 17.0. The summed E-state index contributed by atoms with van der Waals surface area (Å²) >= 11 is 6.02. The van der Waals surface area contributed by atoms with Crippen molar-refractivity contribution in [2.75, 3.05) is 33.4 Å². The van der Waals surface area contributed by atoms with Crippen molar-refractivity contribution in [2.45, 2.75) is 19.4 Å². The number of benzene rings is 2. The third-order valence-corrected chi connectivity index (χ3v) is 5.60. The molecule has 4 rings (SSSR count). The van der Waals surface area contributed by atoms with Crippen LogP contribution in [0.25, 0.3) is 11.4 Å². The summed E-state index contributed by atoms with van der Waals surface area (Å²) in [6, 6.07) is 12.6. The molecule has 1 amide bonds. The number of hydrogen-bond donors (Lipinski definition) is 2. The number of rotatable bonds is 9. The Bertz CT molecular complexity index is 1230. The lowest BCUT2D eigenvalue weighted by Crippen LogP contribution is -2.48. The molecule has 0 radical (unpaired) electrons. The molecule has 0 aliphatic carbocycles. The van der Waals surface area contributed by atoms with E-state index in [0.717, 1.165) is 5.56 Å². The highest BCUT2D eigenvalue weighted by Crippen LogP contribution is 2.31. The fraction of sp³-hybridized carbons (Fsp3) is 0.333. The minimum Gasteiger partial charge on any atom is -0.493 e. The highest BCUT2D eigenvalue weighted by Gasteiger charge is 2.15. The first-order valence-corrected chi connectivity index (χ1v) is 11.5. The number of H-pyrrole nitrogens is 1. The number of halogens is 1. The number of amides is 1. The van der Waals surface area contributed by atoms with E-state index in [0.29, 0.717) is 55.0 Å². The van der Waals surface area contributed by atoms with Gasteiger partial charge in [0.25, 0.3) is 5.56 Å². The van der Waals surface area contributed by atoms with Crippen LogP contribution in [0.15, 0.2) is 47.3 Å². The predicted molar refractivity (Wildman–Crippen MR) is 129 cm³/mol. The fourth-order valence-corrected chi connectivity index (χ4v) is 3.73. The Morgan fingerprint density at radius 1 is 1.17 bits per heavy atom. The summed E-state index contributed by atoms with van der Waals surface area (Å²) in [6.45, 7) is 2.74. The number of aromatic nitrogens is 3. The van der Waals surface area contributed by atoms with Crippen LogP contribution in [-0.4, -0.2) is 59.5 Å². The molecule has 184 valence electrons. The molecule has 0 saturated carbocycles. The van der Waals surface area contributed by atoms with Gasteiger partial charge in [0.05, 0.1) is 20.3 Å². The van der Waals surface area contributed by atoms with Crippen molar-refractivity contribution in [3.63, 3.8) is 0 Å². The summed E-state index contributed by atoms with van der Waals surface area (Å²) in [6.07, 6.45) is 0.305. The van der Waals surface area contributed by atoms with Gasteiger partial charge in [0.15, 0.2) is 17.3 Å². The number of nitrogens with one attached hydrogen (secondary N) is 2. The third-order valence-electron chi connectivity index (χ3n) is 5.37. The number of aromatic amines is 1. The summed E-state index contributed by atoms with van der Waals surface area (Å²) < 4.78 is 16.6. The van der Waals surface area contributed by atoms with Crippen LogP contribution in [0.4, 0.5) is 0 Å². The lowest BCUT2D eigenvalue weighted by Gasteiger charge is -2.26. The van der Waals surface area contributed by atoms with E-state index < -0.39 is 5.56 Å². The van der Waals surface area contributed by atoms with E-state index in [9.17, 15) is 9.59 Å². The minimum atomic E-state index is -0.394. The Morgan fingerprint density at radius 2 is 2.00 bits per heavy atom. The van der Waals surface area contributed by atoms with Gasteiger partial charge in [-0.3, -0.25) is 15.0 Å². The molecule has 35 heavy (non-hydrogen) atoms. The van der Waals surface area contributed by atoms with Crippen LogP contribution in [0.5, 0.6) is 11.5 Å². The second-order valence-corrected chi connectivity index (χ2v) is 8.30. The topological polar surface area (TPSA) is 119 Å². The molecule has 1 aromatic heterocycles. The van der Waals surface area contributed by atoms with Crippen LogP contribution >= 0.6 is 11.6 Å². The number of hydrazine groups is 1. The molecule has 2 heterocycles. The number of nitrogens with zero attached hydrogens (tertiary/aromatic N) is 3. The Kier molecular flexibility index (Phi) is 8.30. The summed E-state index contributed by atoms with van der Waals surface area (Å²) in [5, 5.41) is 10.6. The van der Waals surface area contributed by atoms with E-state index in [1.165, 1.54) is 7.11 Å². The minimum absolute atomic E-state index is 0.126. The smallest absolute Gasteiger partial charge is 0.273 e. The molecule has 1 aliphatic heterocycles. The van der Waals surface area contributed by atoms with Crippen LogP contribution in [0.3, 0.4) is 0 Å². The SMILES string of the molecule is COc1cc(-c2nnc(CCC(=O)NN3CCOCC3)c(=O)[nH]2)ccc1OCc1cccc(Cl)c1. The number of carbonyl (C=O) groups is 1. The van der Waals surface area contributed by atoms with E-state index >= 15 is 0 Å². The Hall–Kier alpha value is -3.47. The van der Waals surface area contributed by atoms with Gasteiger partial charge in [-0.25, -0.2) is 5.01 Å². The van der Waals surface area contributed by atoms with Crippen molar-refractivity contribution in [1.29, 1.82) is 0 Å². The maximum absolute atomic E-state index is 12.5. The van der Waals surface area contributed by atoms with Crippen molar-refractivity contribution < 1.29 is 19.0 Å². The molecule has 10 nitrogen and oxygen atoms in total. The molecule has 0 spiro atoms. The number of carbonyl (C=O) groups excluding carboxylic acids is 1. The Morgan fingerprint density at radius 3 is 2.74 bits per heavy atom. The molecule has 1 fully saturated rings. The molecule has 3 aromatic rings.